The first-order valence-electron chi connectivity index (χ1n) is 3.44. The van der Waals surface area contributed by atoms with Crippen LogP contribution in [0.4, 0.5) is 0 Å². The second kappa shape index (κ2) is 2.36. The summed E-state index contributed by atoms with van der Waals surface area (Å²) in [5.74, 6) is 0. The molecule has 11 heavy (non-hydrogen) atoms. The van der Waals surface area contributed by atoms with Crippen molar-refractivity contribution in [3.63, 3.8) is 0 Å². The zero-order chi connectivity index (χ0) is 7.68. The minimum atomic E-state index is -0.233. The van der Waals surface area contributed by atoms with Gasteiger partial charge in [-0.15, -0.1) is 0 Å². The van der Waals surface area contributed by atoms with Gasteiger partial charge in [0.1, 0.15) is 0 Å². The van der Waals surface area contributed by atoms with Crippen LogP contribution in [0.5, 0.6) is 0 Å². The minimum Gasteiger partial charge on any atom is -0.673 e. The van der Waals surface area contributed by atoms with E-state index in [-0.39, 0.29) is 6.17 Å². The van der Waals surface area contributed by atoms with E-state index in [9.17, 15) is 0 Å². The van der Waals surface area contributed by atoms with Gasteiger partial charge in [0.25, 0.3) is 0 Å². The van der Waals surface area contributed by atoms with Crippen LogP contribution in [0.2, 0.25) is 0 Å². The Morgan fingerprint density at radius 3 is 3.27 bits per heavy atom. The number of fused-ring (bicyclic) bond motifs is 1. The molecule has 0 bridgehead atoms. The van der Waals surface area contributed by atoms with E-state index >= 15 is 0 Å². The van der Waals surface area contributed by atoms with Gasteiger partial charge in [0, 0.05) is 12.4 Å². The Labute approximate surface area is 64.9 Å². The highest BCUT2D eigenvalue weighted by Crippen LogP contribution is 2.25. The summed E-state index contributed by atoms with van der Waals surface area (Å²) >= 11 is 0. The van der Waals surface area contributed by atoms with Crippen LogP contribution >= 0.6 is 0 Å². The molecular weight excluding hydrogens is 138 g/mol. The van der Waals surface area contributed by atoms with E-state index in [4.69, 9.17) is 5.73 Å². The molecule has 0 saturated heterocycles. The van der Waals surface area contributed by atoms with Crippen LogP contribution in [0, 0.1) is 0 Å². The highest BCUT2D eigenvalue weighted by Gasteiger charge is 2.02. The van der Waals surface area contributed by atoms with Gasteiger partial charge < -0.3 is 11.1 Å². The maximum atomic E-state index is 5.69. The fourth-order valence-corrected chi connectivity index (χ4v) is 1.11. The van der Waals surface area contributed by atoms with Crippen molar-refractivity contribution in [2.45, 2.75) is 6.17 Å². The first-order chi connectivity index (χ1) is 5.38. The minimum absolute atomic E-state index is 0.233. The predicted molar refractivity (Wildman–Crippen MR) is 43.6 cm³/mol. The van der Waals surface area contributed by atoms with Crippen LogP contribution in [-0.2, 0) is 0 Å². The lowest BCUT2D eigenvalue weighted by Gasteiger charge is -2.30. The number of hydrogen-bond donors (Lipinski definition) is 1. The smallest absolute Gasteiger partial charge is 0.0305 e. The lowest BCUT2D eigenvalue weighted by molar-refractivity contribution is 0.860. The van der Waals surface area contributed by atoms with Crippen LogP contribution in [0.25, 0.3) is 11.4 Å². The van der Waals surface area contributed by atoms with Gasteiger partial charge in [0.05, 0.1) is 0 Å². The average molecular weight is 146 g/mol. The largest absolute Gasteiger partial charge is 0.673 e. The van der Waals surface area contributed by atoms with E-state index in [1.807, 2.05) is 12.1 Å². The first-order valence-corrected chi connectivity index (χ1v) is 3.44. The maximum Gasteiger partial charge on any atom is 0.0305 e. The van der Waals surface area contributed by atoms with E-state index in [0.717, 1.165) is 11.1 Å². The normalized spacial score (nSPS) is 20.6. The Hall–Kier alpha value is -1.35. The van der Waals surface area contributed by atoms with Gasteiger partial charge >= 0.3 is 0 Å². The van der Waals surface area contributed by atoms with Crippen molar-refractivity contribution in [2.75, 3.05) is 0 Å². The molecule has 3 nitrogen and oxygen atoms in total. The summed E-state index contributed by atoms with van der Waals surface area (Å²) < 4.78 is 0. The van der Waals surface area contributed by atoms with Gasteiger partial charge in [0.2, 0.25) is 0 Å². The molecule has 3 heteroatoms. The molecule has 0 saturated carbocycles. The molecule has 1 atom stereocenters. The molecule has 56 valence electrons. The lowest BCUT2D eigenvalue weighted by atomic mass is 10.1. The average Bonchev–Trinajstić information content (AvgIpc) is 2.06. The molecule has 1 aromatic rings. The van der Waals surface area contributed by atoms with E-state index in [0.29, 0.717) is 0 Å². The number of pyridine rings is 1. The summed E-state index contributed by atoms with van der Waals surface area (Å²) in [6.45, 7) is 0. The Morgan fingerprint density at radius 1 is 1.55 bits per heavy atom. The fraction of sp³-hybridized carbons (Fsp3) is 0.125. The lowest BCUT2D eigenvalue weighted by Crippen LogP contribution is -2.11. The van der Waals surface area contributed by atoms with Gasteiger partial charge in [-0.05, 0) is 23.4 Å². The van der Waals surface area contributed by atoms with Crippen LogP contribution < -0.4 is 5.73 Å². The number of hydrogen-bond acceptors (Lipinski definition) is 2. The fourth-order valence-electron chi connectivity index (χ4n) is 1.11. The van der Waals surface area contributed by atoms with Gasteiger partial charge in [-0.25, -0.2) is 0 Å². The van der Waals surface area contributed by atoms with Crippen molar-refractivity contribution < 1.29 is 0 Å². The third kappa shape index (κ3) is 0.991. The van der Waals surface area contributed by atoms with Crippen molar-refractivity contribution in [3.05, 3.63) is 41.1 Å². The quantitative estimate of drug-likeness (QED) is 0.601. The predicted octanol–water partition coefficient (Wildman–Crippen LogP) is 1.40. The monoisotopic (exact) mass is 146 g/mol. The highest BCUT2D eigenvalue weighted by atomic mass is 15.0. The molecule has 2 N–H and O–H groups in total. The molecule has 0 aliphatic carbocycles. The molecule has 2 heterocycles. The van der Waals surface area contributed by atoms with Crippen molar-refractivity contribution in [2.24, 2.45) is 5.73 Å². The summed E-state index contributed by atoms with van der Waals surface area (Å²) in [5, 5.41) is 4.03. The van der Waals surface area contributed by atoms with Crippen molar-refractivity contribution in [1.82, 2.24) is 4.98 Å². The molecule has 0 radical (unpaired) electrons. The maximum absolute atomic E-state index is 5.69. The van der Waals surface area contributed by atoms with E-state index in [1.54, 1.807) is 18.6 Å². The van der Waals surface area contributed by atoms with Gasteiger partial charge in [-0.3, -0.25) is 4.98 Å². The van der Waals surface area contributed by atoms with Crippen LogP contribution in [-0.4, -0.2) is 4.98 Å². The molecule has 0 fully saturated rings. The summed E-state index contributed by atoms with van der Waals surface area (Å²) in [6, 6.07) is 1.93. The van der Waals surface area contributed by atoms with Gasteiger partial charge in [-0.1, -0.05) is 6.08 Å². The molecule has 0 aromatic carbocycles. The summed E-state index contributed by atoms with van der Waals surface area (Å²) in [6.07, 6.45) is 6.94. The second-order valence-electron chi connectivity index (χ2n) is 2.41. The molecule has 1 unspecified atom stereocenters. The number of aromatic nitrogens is 1. The molecule has 1 aliphatic heterocycles. The van der Waals surface area contributed by atoms with E-state index in [1.165, 1.54) is 0 Å². The SMILES string of the molecule is NC1[N-]C=Cc2ccncc21. The molecule has 0 amide bonds. The molecule has 1 aromatic heterocycles. The van der Waals surface area contributed by atoms with Crippen LogP contribution in [0.1, 0.15) is 17.3 Å². The van der Waals surface area contributed by atoms with Gasteiger partial charge in [-0.2, -0.15) is 6.20 Å². The molecule has 1 aliphatic rings. The van der Waals surface area contributed by atoms with Crippen LogP contribution in [0.15, 0.2) is 24.7 Å². The third-order valence-corrected chi connectivity index (χ3v) is 1.71. The topological polar surface area (TPSA) is 53.0 Å². The summed E-state index contributed by atoms with van der Waals surface area (Å²) in [7, 11) is 0. The molecule has 0 spiro atoms. The molecule has 2 rings (SSSR count). The second-order valence-corrected chi connectivity index (χ2v) is 2.41. The number of nitrogens with two attached hydrogens (primary N) is 1. The number of nitrogens with zero attached hydrogens (tertiary/aromatic N) is 2. The summed E-state index contributed by atoms with van der Waals surface area (Å²) in [4.78, 5) is 3.97. The van der Waals surface area contributed by atoms with Crippen molar-refractivity contribution in [1.29, 1.82) is 0 Å². The van der Waals surface area contributed by atoms with Crippen molar-refractivity contribution >= 4 is 6.08 Å². The van der Waals surface area contributed by atoms with Crippen molar-refractivity contribution in [3.8, 4) is 0 Å². The van der Waals surface area contributed by atoms with E-state index in [2.05, 4.69) is 10.3 Å². The van der Waals surface area contributed by atoms with E-state index < -0.39 is 0 Å². The summed E-state index contributed by atoms with van der Waals surface area (Å²) in [5.41, 5.74) is 7.80. The van der Waals surface area contributed by atoms with Crippen LogP contribution in [0.3, 0.4) is 0 Å². The third-order valence-electron chi connectivity index (χ3n) is 1.71. The standard InChI is InChI=1S/C8H8N3/c9-8-7-5-10-3-1-6(7)2-4-11-8/h1-5,8H,9H2/q-1. The Bertz CT molecular complexity index is 293. The zero-order valence-electron chi connectivity index (χ0n) is 5.94. The number of rotatable bonds is 0. The van der Waals surface area contributed by atoms with Gasteiger partial charge in [0.15, 0.2) is 0 Å². The first kappa shape index (κ1) is 6.37. The molecular formula is C8H8N3-. The highest BCUT2D eigenvalue weighted by molar-refractivity contribution is 5.59. The Kier molecular flexibility index (Phi) is 1.36. The Morgan fingerprint density at radius 2 is 2.45 bits per heavy atom. The Balaban J connectivity index is 2.54. The zero-order valence-corrected chi connectivity index (χ0v) is 5.94.